The number of fused-ring (bicyclic) bond motifs is 1. The highest BCUT2D eigenvalue weighted by Crippen LogP contribution is 2.29. The Morgan fingerprint density at radius 2 is 1.90 bits per heavy atom. The number of carbonyl (C=O) groups is 1. The minimum absolute atomic E-state index is 0.0166. The standard InChI is InChI=1S/C14H11N3O3/c18-11-7-3-5-9(12(11)19)14(20)15-13-8-4-1-2-6-10(8)16-17-13/h1-7,18-19H,(H2,15,16,17,20). The first-order valence-corrected chi connectivity index (χ1v) is 5.92. The van der Waals surface area contributed by atoms with Crippen molar-refractivity contribution in [2.75, 3.05) is 5.32 Å². The van der Waals surface area contributed by atoms with Crippen LogP contribution in [0.15, 0.2) is 42.5 Å². The Hall–Kier alpha value is -3.02. The second kappa shape index (κ2) is 4.58. The molecule has 2 aromatic carbocycles. The number of aromatic hydroxyl groups is 2. The van der Waals surface area contributed by atoms with Gasteiger partial charge in [0.25, 0.3) is 5.91 Å². The molecule has 1 aromatic heterocycles. The summed E-state index contributed by atoms with van der Waals surface area (Å²) in [4.78, 5) is 12.1. The number of rotatable bonds is 2. The van der Waals surface area contributed by atoms with Crippen LogP contribution in [-0.4, -0.2) is 26.3 Å². The zero-order valence-corrected chi connectivity index (χ0v) is 10.3. The molecule has 0 fully saturated rings. The summed E-state index contributed by atoms with van der Waals surface area (Å²) in [5.74, 6) is -0.974. The van der Waals surface area contributed by atoms with Crippen molar-refractivity contribution in [1.82, 2.24) is 10.2 Å². The van der Waals surface area contributed by atoms with Gasteiger partial charge in [-0.2, -0.15) is 5.10 Å². The summed E-state index contributed by atoms with van der Waals surface area (Å²) < 4.78 is 0. The minimum atomic E-state index is -0.546. The molecule has 0 saturated carbocycles. The van der Waals surface area contributed by atoms with Crippen LogP contribution in [0, 0.1) is 0 Å². The van der Waals surface area contributed by atoms with Crippen molar-refractivity contribution in [1.29, 1.82) is 0 Å². The Kier molecular flexibility index (Phi) is 2.76. The van der Waals surface area contributed by atoms with E-state index in [0.29, 0.717) is 5.82 Å². The molecule has 0 bridgehead atoms. The SMILES string of the molecule is O=C(Nc1n[nH]c2ccccc12)c1cccc(O)c1O. The molecular formula is C14H11N3O3. The maximum Gasteiger partial charge on any atom is 0.260 e. The second-order valence-corrected chi connectivity index (χ2v) is 4.25. The quantitative estimate of drug-likeness (QED) is 0.536. The molecule has 6 nitrogen and oxygen atoms in total. The summed E-state index contributed by atoms with van der Waals surface area (Å²) in [6, 6.07) is 11.5. The highest BCUT2D eigenvalue weighted by Gasteiger charge is 2.16. The van der Waals surface area contributed by atoms with Crippen LogP contribution in [0.1, 0.15) is 10.4 Å². The molecule has 0 aliphatic carbocycles. The van der Waals surface area contributed by atoms with Crippen molar-refractivity contribution < 1.29 is 15.0 Å². The van der Waals surface area contributed by atoms with Crippen LogP contribution in [-0.2, 0) is 0 Å². The summed E-state index contributed by atoms with van der Waals surface area (Å²) in [6.45, 7) is 0. The van der Waals surface area contributed by atoms with E-state index in [4.69, 9.17) is 0 Å². The van der Waals surface area contributed by atoms with Crippen LogP contribution in [0.4, 0.5) is 5.82 Å². The Morgan fingerprint density at radius 1 is 1.10 bits per heavy atom. The summed E-state index contributed by atoms with van der Waals surface area (Å²) in [5.41, 5.74) is 0.778. The summed E-state index contributed by atoms with van der Waals surface area (Å²) in [5, 5.41) is 29.2. The van der Waals surface area contributed by atoms with E-state index in [1.807, 2.05) is 24.3 Å². The lowest BCUT2D eigenvalue weighted by Gasteiger charge is -2.05. The number of amides is 1. The number of nitrogens with one attached hydrogen (secondary N) is 2. The molecule has 0 aliphatic rings. The zero-order valence-electron chi connectivity index (χ0n) is 10.3. The van der Waals surface area contributed by atoms with Crippen molar-refractivity contribution in [2.24, 2.45) is 0 Å². The largest absolute Gasteiger partial charge is 0.504 e. The van der Waals surface area contributed by atoms with E-state index < -0.39 is 11.7 Å². The molecule has 0 saturated heterocycles. The normalized spacial score (nSPS) is 10.6. The highest BCUT2D eigenvalue weighted by atomic mass is 16.3. The number of carbonyl (C=O) groups excluding carboxylic acids is 1. The number of nitrogens with zero attached hydrogens (tertiary/aromatic N) is 1. The third-order valence-corrected chi connectivity index (χ3v) is 2.96. The number of hydrogen-bond acceptors (Lipinski definition) is 4. The van der Waals surface area contributed by atoms with E-state index in [0.717, 1.165) is 10.9 Å². The monoisotopic (exact) mass is 269 g/mol. The Labute approximate surface area is 113 Å². The van der Waals surface area contributed by atoms with Crippen molar-refractivity contribution in [2.45, 2.75) is 0 Å². The molecule has 1 heterocycles. The molecule has 0 atom stereocenters. The number of aromatic amines is 1. The lowest BCUT2D eigenvalue weighted by atomic mass is 10.1. The van der Waals surface area contributed by atoms with Crippen LogP contribution in [0.25, 0.3) is 10.9 Å². The van der Waals surface area contributed by atoms with Crippen LogP contribution in [0.3, 0.4) is 0 Å². The van der Waals surface area contributed by atoms with Gasteiger partial charge in [0.1, 0.15) is 0 Å². The van der Waals surface area contributed by atoms with Gasteiger partial charge in [-0.1, -0.05) is 18.2 Å². The summed E-state index contributed by atoms with van der Waals surface area (Å²) >= 11 is 0. The van der Waals surface area contributed by atoms with Crippen molar-refractivity contribution in [3.05, 3.63) is 48.0 Å². The Morgan fingerprint density at radius 3 is 2.75 bits per heavy atom. The van der Waals surface area contributed by atoms with Crippen molar-refractivity contribution >= 4 is 22.6 Å². The van der Waals surface area contributed by atoms with Crippen molar-refractivity contribution in [3.8, 4) is 11.5 Å². The van der Waals surface area contributed by atoms with Gasteiger partial charge >= 0.3 is 0 Å². The molecule has 0 unspecified atom stereocenters. The van der Waals surface area contributed by atoms with E-state index in [2.05, 4.69) is 15.5 Å². The maximum atomic E-state index is 12.1. The molecule has 20 heavy (non-hydrogen) atoms. The first-order valence-electron chi connectivity index (χ1n) is 5.92. The molecule has 6 heteroatoms. The number of phenolic OH excluding ortho intramolecular Hbond substituents is 2. The van der Waals surface area contributed by atoms with Gasteiger partial charge in [0, 0.05) is 5.39 Å². The Balaban J connectivity index is 1.95. The molecule has 0 radical (unpaired) electrons. The van der Waals surface area contributed by atoms with Gasteiger partial charge in [0.2, 0.25) is 0 Å². The third kappa shape index (κ3) is 1.93. The molecule has 0 aliphatic heterocycles. The molecule has 3 rings (SSSR count). The van der Waals surface area contributed by atoms with E-state index in [1.54, 1.807) is 0 Å². The predicted molar refractivity (Wildman–Crippen MR) is 73.8 cm³/mol. The minimum Gasteiger partial charge on any atom is -0.504 e. The lowest BCUT2D eigenvalue weighted by Crippen LogP contribution is -2.12. The van der Waals surface area contributed by atoms with Crippen LogP contribution in [0.5, 0.6) is 11.5 Å². The van der Waals surface area contributed by atoms with Gasteiger partial charge in [-0.3, -0.25) is 9.89 Å². The van der Waals surface area contributed by atoms with E-state index in [1.165, 1.54) is 18.2 Å². The van der Waals surface area contributed by atoms with Crippen molar-refractivity contribution in [3.63, 3.8) is 0 Å². The number of phenols is 2. The van der Waals surface area contributed by atoms with Crippen LogP contribution < -0.4 is 5.32 Å². The maximum absolute atomic E-state index is 12.1. The number of anilines is 1. The molecule has 1 amide bonds. The van der Waals surface area contributed by atoms with Gasteiger partial charge < -0.3 is 15.5 Å². The lowest BCUT2D eigenvalue weighted by molar-refractivity contribution is 0.102. The van der Waals surface area contributed by atoms with Crippen LogP contribution >= 0.6 is 0 Å². The molecule has 4 N–H and O–H groups in total. The molecule has 0 spiro atoms. The number of aromatic nitrogens is 2. The smallest absolute Gasteiger partial charge is 0.260 e. The average Bonchev–Trinajstić information content (AvgIpc) is 2.85. The zero-order chi connectivity index (χ0) is 14.1. The Bertz CT molecular complexity index is 795. The fourth-order valence-corrected chi connectivity index (χ4v) is 1.95. The fourth-order valence-electron chi connectivity index (χ4n) is 1.95. The predicted octanol–water partition coefficient (Wildman–Crippen LogP) is 2.23. The van der Waals surface area contributed by atoms with Gasteiger partial charge in [0.05, 0.1) is 11.1 Å². The number of H-pyrrole nitrogens is 1. The summed E-state index contributed by atoms with van der Waals surface area (Å²) in [7, 11) is 0. The topological polar surface area (TPSA) is 98.2 Å². The number of hydrogen-bond donors (Lipinski definition) is 4. The molecule has 100 valence electrons. The average molecular weight is 269 g/mol. The first-order chi connectivity index (χ1) is 9.66. The molecular weight excluding hydrogens is 258 g/mol. The highest BCUT2D eigenvalue weighted by molar-refractivity contribution is 6.09. The van der Waals surface area contributed by atoms with Gasteiger partial charge in [-0.25, -0.2) is 0 Å². The van der Waals surface area contributed by atoms with Gasteiger partial charge in [-0.15, -0.1) is 0 Å². The van der Waals surface area contributed by atoms with Crippen LogP contribution in [0.2, 0.25) is 0 Å². The number of benzene rings is 2. The van der Waals surface area contributed by atoms with Gasteiger partial charge in [0.15, 0.2) is 17.3 Å². The van der Waals surface area contributed by atoms with E-state index in [-0.39, 0.29) is 11.3 Å². The van der Waals surface area contributed by atoms with E-state index in [9.17, 15) is 15.0 Å². The number of para-hydroxylation sites is 2. The first kappa shape index (κ1) is 12.0. The van der Waals surface area contributed by atoms with Gasteiger partial charge in [-0.05, 0) is 24.3 Å². The van der Waals surface area contributed by atoms with E-state index >= 15 is 0 Å². The fraction of sp³-hybridized carbons (Fsp3) is 0. The second-order valence-electron chi connectivity index (χ2n) is 4.25. The molecule has 3 aromatic rings. The third-order valence-electron chi connectivity index (χ3n) is 2.96. The summed E-state index contributed by atoms with van der Waals surface area (Å²) in [6.07, 6.45) is 0.